The second-order valence-corrected chi connectivity index (χ2v) is 9.30. The number of benzene rings is 2. The summed E-state index contributed by atoms with van der Waals surface area (Å²) in [6.07, 6.45) is 4.50. The zero-order valence-corrected chi connectivity index (χ0v) is 19.7. The van der Waals surface area contributed by atoms with Crippen LogP contribution >= 0.6 is 11.3 Å². The predicted octanol–water partition coefficient (Wildman–Crippen LogP) is 4.77. The van der Waals surface area contributed by atoms with E-state index in [1.165, 1.54) is 24.3 Å². The van der Waals surface area contributed by atoms with Gasteiger partial charge in [-0.1, -0.05) is 0 Å². The topological polar surface area (TPSA) is 72.3 Å². The minimum absolute atomic E-state index is 0.00779. The van der Waals surface area contributed by atoms with Crippen molar-refractivity contribution in [2.75, 3.05) is 25.5 Å². The van der Waals surface area contributed by atoms with Crippen LogP contribution in [0.25, 0.3) is 5.69 Å². The van der Waals surface area contributed by atoms with E-state index in [9.17, 15) is 9.18 Å². The lowest BCUT2D eigenvalue weighted by Gasteiger charge is -2.25. The zero-order chi connectivity index (χ0) is 23.7. The Balaban J connectivity index is 1.27. The van der Waals surface area contributed by atoms with Crippen LogP contribution in [0.15, 0.2) is 55.0 Å². The Morgan fingerprint density at radius 2 is 2.06 bits per heavy atom. The van der Waals surface area contributed by atoms with E-state index in [0.717, 1.165) is 51.5 Å². The fraction of sp³-hybridized carbons (Fsp3) is 0.240. The highest BCUT2D eigenvalue weighted by Gasteiger charge is 2.23. The van der Waals surface area contributed by atoms with Crippen LogP contribution in [0.1, 0.15) is 26.6 Å². The number of methoxy groups -OCH3 is 1. The number of rotatable bonds is 7. The van der Waals surface area contributed by atoms with Crippen molar-refractivity contribution in [3.8, 4) is 11.4 Å². The molecular weight excluding hydrogens is 453 g/mol. The molecule has 3 heterocycles. The van der Waals surface area contributed by atoms with Crippen LogP contribution in [0.5, 0.6) is 5.75 Å². The van der Waals surface area contributed by atoms with Gasteiger partial charge in [-0.3, -0.25) is 9.69 Å². The molecule has 2 aromatic heterocycles. The van der Waals surface area contributed by atoms with Gasteiger partial charge in [-0.15, -0.1) is 11.3 Å². The quantitative estimate of drug-likeness (QED) is 0.387. The van der Waals surface area contributed by atoms with E-state index in [0.29, 0.717) is 18.7 Å². The van der Waals surface area contributed by atoms with Gasteiger partial charge in [-0.05, 0) is 43.3 Å². The summed E-state index contributed by atoms with van der Waals surface area (Å²) in [5, 5.41) is 4.20. The molecule has 5 rings (SSSR count). The minimum atomic E-state index is -0.340. The van der Waals surface area contributed by atoms with Gasteiger partial charge >= 0.3 is 0 Å². The van der Waals surface area contributed by atoms with Crippen LogP contribution in [0.4, 0.5) is 15.2 Å². The van der Waals surface area contributed by atoms with Crippen molar-refractivity contribution in [3.63, 3.8) is 0 Å². The van der Waals surface area contributed by atoms with Gasteiger partial charge in [0.1, 0.15) is 11.6 Å². The van der Waals surface area contributed by atoms with Gasteiger partial charge in [0.15, 0.2) is 10.9 Å². The number of imidazole rings is 1. The molecule has 0 unspecified atom stereocenters. The molecule has 0 saturated carbocycles. The molecule has 0 aliphatic carbocycles. The van der Waals surface area contributed by atoms with Crippen molar-refractivity contribution in [3.05, 3.63) is 82.6 Å². The van der Waals surface area contributed by atoms with Gasteiger partial charge in [-0.2, -0.15) is 0 Å². The highest BCUT2D eigenvalue weighted by molar-refractivity contribution is 7.15. The fourth-order valence-electron chi connectivity index (χ4n) is 4.01. The van der Waals surface area contributed by atoms with Gasteiger partial charge in [0.05, 0.1) is 37.1 Å². The largest absolute Gasteiger partial charge is 0.494 e. The molecule has 0 fully saturated rings. The Morgan fingerprint density at radius 3 is 2.79 bits per heavy atom. The summed E-state index contributed by atoms with van der Waals surface area (Å²) in [7, 11) is 1.65. The SMILES string of the molecule is COc1cc(Nc2nc3c(s2)CN(CC(=O)c2ccc(F)cc2)CC3)ccc1-n1cnc(C)c1. The molecule has 0 atom stereocenters. The molecule has 0 bridgehead atoms. The monoisotopic (exact) mass is 477 g/mol. The second-order valence-electron chi connectivity index (χ2n) is 8.21. The van der Waals surface area contributed by atoms with E-state index in [1.807, 2.05) is 35.9 Å². The first-order chi connectivity index (χ1) is 16.5. The van der Waals surface area contributed by atoms with Crippen molar-refractivity contribution in [1.82, 2.24) is 19.4 Å². The van der Waals surface area contributed by atoms with E-state index in [-0.39, 0.29) is 11.6 Å². The van der Waals surface area contributed by atoms with Crippen LogP contribution in [-0.2, 0) is 13.0 Å². The molecule has 7 nitrogen and oxygen atoms in total. The van der Waals surface area contributed by atoms with Crippen LogP contribution in [0.2, 0.25) is 0 Å². The maximum absolute atomic E-state index is 13.1. The summed E-state index contributed by atoms with van der Waals surface area (Å²) in [4.78, 5) is 24.9. The Hall–Kier alpha value is -3.56. The number of halogens is 1. The van der Waals surface area contributed by atoms with Crippen molar-refractivity contribution in [2.45, 2.75) is 19.9 Å². The Morgan fingerprint density at radius 1 is 1.24 bits per heavy atom. The number of hydrogen-bond donors (Lipinski definition) is 1. The smallest absolute Gasteiger partial charge is 0.187 e. The number of hydrogen-bond acceptors (Lipinski definition) is 7. The lowest BCUT2D eigenvalue weighted by Crippen LogP contribution is -2.34. The molecule has 0 radical (unpaired) electrons. The number of nitrogens with one attached hydrogen (secondary N) is 1. The molecule has 0 amide bonds. The van der Waals surface area contributed by atoms with Crippen LogP contribution < -0.4 is 10.1 Å². The first kappa shape index (κ1) is 22.2. The fourth-order valence-corrected chi connectivity index (χ4v) is 5.08. The van der Waals surface area contributed by atoms with Gasteiger partial charge < -0.3 is 14.6 Å². The summed E-state index contributed by atoms with van der Waals surface area (Å²) >= 11 is 1.60. The van der Waals surface area contributed by atoms with Crippen LogP contribution in [0, 0.1) is 12.7 Å². The third-order valence-electron chi connectivity index (χ3n) is 5.76. The van der Waals surface area contributed by atoms with Crippen molar-refractivity contribution in [2.24, 2.45) is 0 Å². The van der Waals surface area contributed by atoms with Gasteiger partial charge in [0.2, 0.25) is 0 Å². The van der Waals surface area contributed by atoms with Crippen LogP contribution in [-0.4, -0.2) is 45.4 Å². The number of nitrogens with zero attached hydrogens (tertiary/aromatic N) is 4. The standard InChI is InChI=1S/C25H24FN5O2S/c1-16-12-31(15-27-16)21-8-7-19(11-23(21)33-2)28-25-29-20-9-10-30(14-24(20)34-25)13-22(32)17-3-5-18(26)6-4-17/h3-8,11-12,15H,9-10,13-14H2,1-2H3,(H,28,29). The molecule has 1 aliphatic rings. The van der Waals surface area contributed by atoms with Gasteiger partial charge in [-0.25, -0.2) is 14.4 Å². The molecule has 0 saturated heterocycles. The number of ketones is 1. The van der Waals surface area contributed by atoms with Crippen molar-refractivity contribution >= 4 is 27.9 Å². The maximum atomic E-state index is 13.1. The molecule has 9 heteroatoms. The number of fused-ring (bicyclic) bond motifs is 1. The first-order valence-electron chi connectivity index (χ1n) is 10.9. The summed E-state index contributed by atoms with van der Waals surface area (Å²) in [6.45, 7) is 3.68. The highest BCUT2D eigenvalue weighted by Crippen LogP contribution is 2.33. The third-order valence-corrected chi connectivity index (χ3v) is 6.76. The average molecular weight is 478 g/mol. The van der Waals surface area contributed by atoms with Gasteiger partial charge in [0, 0.05) is 47.9 Å². The first-order valence-corrected chi connectivity index (χ1v) is 11.8. The van der Waals surface area contributed by atoms with Gasteiger partial charge in [0.25, 0.3) is 0 Å². The number of carbonyl (C=O) groups is 1. The molecule has 174 valence electrons. The number of aromatic nitrogens is 3. The Kier molecular flexibility index (Phi) is 6.12. The number of ether oxygens (including phenoxy) is 1. The van der Waals surface area contributed by atoms with E-state index in [2.05, 4.69) is 15.2 Å². The molecule has 0 spiro atoms. The minimum Gasteiger partial charge on any atom is -0.494 e. The normalized spacial score (nSPS) is 13.5. The Labute approximate surface area is 200 Å². The summed E-state index contributed by atoms with van der Waals surface area (Å²) in [5.74, 6) is 0.383. The van der Waals surface area contributed by atoms with Crippen molar-refractivity contribution < 1.29 is 13.9 Å². The molecule has 2 aromatic carbocycles. The number of aryl methyl sites for hydroxylation is 1. The maximum Gasteiger partial charge on any atom is 0.187 e. The number of thiazole rings is 1. The van der Waals surface area contributed by atoms with E-state index < -0.39 is 0 Å². The van der Waals surface area contributed by atoms with E-state index in [1.54, 1.807) is 24.8 Å². The number of anilines is 2. The third kappa shape index (κ3) is 4.71. The number of Topliss-reactive ketones (excluding diaryl/α,β-unsaturated/α-hetero) is 1. The summed E-state index contributed by atoms with van der Waals surface area (Å²) in [6, 6.07) is 11.6. The lowest BCUT2D eigenvalue weighted by atomic mass is 10.1. The summed E-state index contributed by atoms with van der Waals surface area (Å²) in [5.41, 5.74) is 4.32. The second kappa shape index (κ2) is 9.36. The number of carbonyl (C=O) groups excluding carboxylic acids is 1. The lowest BCUT2D eigenvalue weighted by molar-refractivity contribution is 0.0922. The van der Waals surface area contributed by atoms with E-state index >= 15 is 0 Å². The predicted molar refractivity (Wildman–Crippen MR) is 130 cm³/mol. The highest BCUT2D eigenvalue weighted by atomic mass is 32.1. The van der Waals surface area contributed by atoms with Crippen molar-refractivity contribution in [1.29, 1.82) is 0 Å². The molecule has 34 heavy (non-hydrogen) atoms. The molecule has 4 aromatic rings. The average Bonchev–Trinajstić information content (AvgIpc) is 3.44. The Bertz CT molecular complexity index is 1330. The molecular formula is C25H24FN5O2S. The molecule has 1 N–H and O–H groups in total. The molecule has 1 aliphatic heterocycles. The summed E-state index contributed by atoms with van der Waals surface area (Å²) < 4.78 is 20.7. The zero-order valence-electron chi connectivity index (χ0n) is 18.9. The van der Waals surface area contributed by atoms with E-state index in [4.69, 9.17) is 9.72 Å². The van der Waals surface area contributed by atoms with Crippen LogP contribution in [0.3, 0.4) is 0 Å².